The highest BCUT2D eigenvalue weighted by atomic mass is 79.9. The van der Waals surface area contributed by atoms with Gasteiger partial charge in [0.2, 0.25) is 10.0 Å². The molecule has 0 fully saturated rings. The van der Waals surface area contributed by atoms with Crippen molar-refractivity contribution in [2.75, 3.05) is 10.5 Å². The molecule has 108 valence electrons. The van der Waals surface area contributed by atoms with Crippen molar-refractivity contribution in [1.29, 1.82) is 0 Å². The first kappa shape index (κ1) is 16.6. The molecule has 3 nitrogen and oxygen atoms in total. The number of halogens is 5. The highest BCUT2D eigenvalue weighted by Crippen LogP contribution is 2.27. The van der Waals surface area contributed by atoms with Crippen molar-refractivity contribution in [3.63, 3.8) is 0 Å². The third-order valence-electron chi connectivity index (χ3n) is 2.07. The molecule has 0 aliphatic heterocycles. The van der Waals surface area contributed by atoms with E-state index in [2.05, 4.69) is 20.7 Å². The summed E-state index contributed by atoms with van der Waals surface area (Å²) >= 11 is 8.92. The van der Waals surface area contributed by atoms with E-state index in [1.54, 1.807) is 6.07 Å². The second-order valence-electron chi connectivity index (χ2n) is 3.76. The van der Waals surface area contributed by atoms with Crippen molar-refractivity contribution in [1.82, 2.24) is 0 Å². The molecule has 0 unspecified atom stereocenters. The van der Waals surface area contributed by atoms with E-state index in [0.29, 0.717) is 4.47 Å². The molecule has 0 saturated heterocycles. The van der Waals surface area contributed by atoms with Gasteiger partial charge in [-0.15, -0.1) is 0 Å². The van der Waals surface area contributed by atoms with Crippen LogP contribution in [0.4, 0.5) is 18.9 Å². The predicted octanol–water partition coefficient (Wildman–Crippen LogP) is 4.19. The van der Waals surface area contributed by atoms with E-state index in [0.717, 1.165) is 0 Å². The fraction of sp³-hybridized carbons (Fsp3) is 0.400. The van der Waals surface area contributed by atoms with E-state index in [-0.39, 0.29) is 10.7 Å². The minimum atomic E-state index is -4.36. The lowest BCUT2D eigenvalue weighted by atomic mass is 10.3. The zero-order chi connectivity index (χ0) is 14.7. The highest BCUT2D eigenvalue weighted by molar-refractivity contribution is 9.10. The lowest BCUT2D eigenvalue weighted by Gasteiger charge is -2.10. The van der Waals surface area contributed by atoms with Crippen molar-refractivity contribution in [2.24, 2.45) is 0 Å². The smallest absolute Gasteiger partial charge is 0.282 e. The lowest BCUT2D eigenvalue weighted by molar-refractivity contribution is -0.134. The standard InChI is InChI=1S/C10H10BrClF3NO2S/c11-7-2-3-8(12)9(6-7)16-19(17,18)5-1-4-10(13,14)15/h2-3,6,16H,1,4-5H2. The normalized spacial score (nSPS) is 12.5. The molecule has 0 amide bonds. The molecule has 0 bridgehead atoms. The zero-order valence-corrected chi connectivity index (χ0v) is 12.6. The van der Waals surface area contributed by atoms with Gasteiger partial charge in [0.05, 0.1) is 16.5 Å². The molecule has 0 radical (unpaired) electrons. The van der Waals surface area contributed by atoms with E-state index in [1.165, 1.54) is 12.1 Å². The van der Waals surface area contributed by atoms with Gasteiger partial charge in [0.1, 0.15) is 0 Å². The summed E-state index contributed by atoms with van der Waals surface area (Å²) in [5.41, 5.74) is 0.128. The molecule has 0 spiro atoms. The molecule has 1 aromatic carbocycles. The van der Waals surface area contributed by atoms with Crippen LogP contribution in [-0.4, -0.2) is 20.3 Å². The molecule has 1 N–H and O–H groups in total. The average Bonchev–Trinajstić information content (AvgIpc) is 2.20. The number of alkyl halides is 3. The van der Waals surface area contributed by atoms with Crippen LogP contribution in [0.15, 0.2) is 22.7 Å². The van der Waals surface area contributed by atoms with Crippen LogP contribution in [0.25, 0.3) is 0 Å². The number of rotatable bonds is 5. The maximum Gasteiger partial charge on any atom is 0.389 e. The number of hydrogen-bond acceptors (Lipinski definition) is 2. The molecule has 0 aliphatic rings. The van der Waals surface area contributed by atoms with Gasteiger partial charge in [-0.25, -0.2) is 8.42 Å². The van der Waals surface area contributed by atoms with Crippen LogP contribution in [0, 0.1) is 0 Å². The summed E-state index contributed by atoms with van der Waals surface area (Å²) in [6.07, 6.45) is -5.99. The first-order valence-corrected chi connectivity index (χ1v) is 7.94. The minimum absolute atomic E-state index is 0.128. The summed E-state index contributed by atoms with van der Waals surface area (Å²) < 4.78 is 61.7. The third kappa shape index (κ3) is 6.49. The topological polar surface area (TPSA) is 46.2 Å². The second-order valence-corrected chi connectivity index (χ2v) is 6.93. The summed E-state index contributed by atoms with van der Waals surface area (Å²) in [4.78, 5) is 0. The van der Waals surface area contributed by atoms with Gasteiger partial charge in [0.25, 0.3) is 0 Å². The second kappa shape index (κ2) is 6.32. The van der Waals surface area contributed by atoms with Crippen LogP contribution in [0.1, 0.15) is 12.8 Å². The zero-order valence-electron chi connectivity index (χ0n) is 9.47. The summed E-state index contributed by atoms with van der Waals surface area (Å²) in [5, 5.41) is 0.169. The lowest BCUT2D eigenvalue weighted by Crippen LogP contribution is -2.19. The Labute approximate surface area is 122 Å². The number of sulfonamides is 1. The summed E-state index contributed by atoms with van der Waals surface area (Å²) in [6.45, 7) is 0. The van der Waals surface area contributed by atoms with E-state index in [1.807, 2.05) is 0 Å². The molecule has 0 aromatic heterocycles. The van der Waals surface area contributed by atoms with Gasteiger partial charge < -0.3 is 0 Å². The Hall–Kier alpha value is -0.470. The summed E-state index contributed by atoms with van der Waals surface area (Å²) in [6, 6.07) is 4.52. The Morgan fingerprint density at radius 1 is 1.32 bits per heavy atom. The van der Waals surface area contributed by atoms with Gasteiger partial charge in [-0.05, 0) is 24.6 Å². The average molecular weight is 381 g/mol. The number of nitrogens with one attached hydrogen (secondary N) is 1. The quantitative estimate of drug-likeness (QED) is 0.833. The number of anilines is 1. The van der Waals surface area contributed by atoms with E-state index >= 15 is 0 Å². The fourth-order valence-corrected chi connectivity index (χ4v) is 2.97. The number of benzene rings is 1. The molecule has 9 heteroatoms. The Bertz CT molecular complexity index is 548. The van der Waals surface area contributed by atoms with Gasteiger partial charge in [0, 0.05) is 10.9 Å². The first-order valence-electron chi connectivity index (χ1n) is 5.11. The van der Waals surface area contributed by atoms with Crippen LogP contribution >= 0.6 is 27.5 Å². The van der Waals surface area contributed by atoms with E-state index in [9.17, 15) is 21.6 Å². The van der Waals surface area contributed by atoms with Crippen LogP contribution in [0.2, 0.25) is 5.02 Å². The highest BCUT2D eigenvalue weighted by Gasteiger charge is 2.27. The monoisotopic (exact) mass is 379 g/mol. The van der Waals surface area contributed by atoms with Gasteiger partial charge in [-0.1, -0.05) is 27.5 Å². The van der Waals surface area contributed by atoms with Crippen molar-refractivity contribution < 1.29 is 21.6 Å². The fourth-order valence-electron chi connectivity index (χ4n) is 1.26. The molecule has 0 atom stereocenters. The molecule has 0 heterocycles. The number of hydrogen-bond donors (Lipinski definition) is 1. The third-order valence-corrected chi connectivity index (χ3v) is 4.25. The summed E-state index contributed by atoms with van der Waals surface area (Å²) in [5.74, 6) is -0.616. The van der Waals surface area contributed by atoms with Crippen LogP contribution < -0.4 is 4.72 Å². The Morgan fingerprint density at radius 2 is 1.95 bits per heavy atom. The van der Waals surface area contributed by atoms with Crippen LogP contribution in [0.5, 0.6) is 0 Å². The molecule has 1 aromatic rings. The van der Waals surface area contributed by atoms with Crippen molar-refractivity contribution in [3.05, 3.63) is 27.7 Å². The maximum absolute atomic E-state index is 11.9. The largest absolute Gasteiger partial charge is 0.389 e. The van der Waals surface area contributed by atoms with E-state index in [4.69, 9.17) is 11.6 Å². The molecular weight excluding hydrogens is 371 g/mol. The molecule has 0 aliphatic carbocycles. The first-order chi connectivity index (χ1) is 8.59. The van der Waals surface area contributed by atoms with Gasteiger partial charge in [0.15, 0.2) is 0 Å². The van der Waals surface area contributed by atoms with Crippen molar-refractivity contribution in [3.8, 4) is 0 Å². The maximum atomic E-state index is 11.9. The van der Waals surface area contributed by atoms with E-state index < -0.39 is 34.8 Å². The Balaban J connectivity index is 2.67. The Morgan fingerprint density at radius 3 is 2.53 bits per heavy atom. The van der Waals surface area contributed by atoms with Gasteiger partial charge >= 0.3 is 6.18 Å². The molecule has 1 rings (SSSR count). The van der Waals surface area contributed by atoms with Crippen molar-refractivity contribution >= 4 is 43.2 Å². The van der Waals surface area contributed by atoms with Crippen LogP contribution in [0.3, 0.4) is 0 Å². The van der Waals surface area contributed by atoms with Crippen molar-refractivity contribution in [2.45, 2.75) is 19.0 Å². The predicted molar refractivity (Wildman–Crippen MR) is 71.9 cm³/mol. The Kier molecular flexibility index (Phi) is 5.52. The SMILES string of the molecule is O=S(=O)(CCCC(F)(F)F)Nc1cc(Br)ccc1Cl. The molecule has 19 heavy (non-hydrogen) atoms. The molecular formula is C10H10BrClF3NO2S. The summed E-state index contributed by atoms with van der Waals surface area (Å²) in [7, 11) is -3.85. The minimum Gasteiger partial charge on any atom is -0.282 e. The van der Waals surface area contributed by atoms with Crippen LogP contribution in [-0.2, 0) is 10.0 Å². The van der Waals surface area contributed by atoms with Gasteiger partial charge in [-0.2, -0.15) is 13.2 Å². The molecule has 0 saturated carbocycles. The van der Waals surface area contributed by atoms with Gasteiger partial charge in [-0.3, -0.25) is 4.72 Å².